The average molecular weight is 528 g/mol. The predicted octanol–water partition coefficient (Wildman–Crippen LogP) is 6.28. The summed E-state index contributed by atoms with van der Waals surface area (Å²) in [5, 5.41) is 3.04. The molecule has 6 heteroatoms. The molecule has 1 aliphatic rings. The van der Waals surface area contributed by atoms with Crippen molar-refractivity contribution in [2.24, 2.45) is 0 Å². The molecule has 0 bridgehead atoms. The molecular weight excluding hydrogens is 490 g/mol. The molecule has 198 valence electrons. The van der Waals surface area contributed by atoms with E-state index in [1.807, 2.05) is 67.6 Å². The van der Waals surface area contributed by atoms with E-state index in [1.165, 1.54) is 22.9 Å². The summed E-state index contributed by atoms with van der Waals surface area (Å²) >= 11 is 1.46. The van der Waals surface area contributed by atoms with E-state index < -0.39 is 0 Å². The van der Waals surface area contributed by atoms with Crippen molar-refractivity contribution in [3.05, 3.63) is 100 Å². The van der Waals surface area contributed by atoms with E-state index in [0.717, 1.165) is 55.0 Å². The van der Waals surface area contributed by atoms with Crippen LogP contribution >= 0.6 is 11.8 Å². The van der Waals surface area contributed by atoms with Crippen molar-refractivity contribution in [3.8, 4) is 0 Å². The Balaban J connectivity index is 1.35. The number of nitrogens with zero attached hydrogens (tertiary/aromatic N) is 2. The standard InChI is InChI=1S/C32H37N3O2S/c1-3-4-20-34(23-27-11-6-5-7-12-27)21-10-19-33-31(36)24-35-28-13-8-9-14-29(28)38-30(32(35)37)22-26-17-15-25(2)16-18-26/h5-9,11-18,22H,3-4,10,19-21,23-24H2,1-2H3,(H,33,36)/b30-22-. The molecule has 1 aliphatic heterocycles. The minimum Gasteiger partial charge on any atom is -0.355 e. The number of benzene rings is 3. The molecule has 0 aliphatic carbocycles. The molecule has 4 rings (SSSR count). The number of unbranched alkanes of at least 4 members (excludes halogenated alkanes) is 1. The van der Waals surface area contributed by atoms with Crippen LogP contribution in [0.2, 0.25) is 0 Å². The molecule has 5 nitrogen and oxygen atoms in total. The minimum atomic E-state index is -0.141. The maximum Gasteiger partial charge on any atom is 0.265 e. The Hall–Kier alpha value is -3.35. The molecule has 0 fully saturated rings. The van der Waals surface area contributed by atoms with Crippen molar-refractivity contribution in [1.29, 1.82) is 0 Å². The van der Waals surface area contributed by atoms with E-state index in [1.54, 1.807) is 4.90 Å². The summed E-state index contributed by atoms with van der Waals surface area (Å²) in [6, 6.07) is 26.4. The summed E-state index contributed by atoms with van der Waals surface area (Å²) in [6.45, 7) is 7.72. The van der Waals surface area contributed by atoms with E-state index in [2.05, 4.69) is 41.4 Å². The monoisotopic (exact) mass is 527 g/mol. The highest BCUT2D eigenvalue weighted by atomic mass is 32.2. The van der Waals surface area contributed by atoms with Crippen LogP contribution in [0.25, 0.3) is 6.08 Å². The summed E-state index contributed by atoms with van der Waals surface area (Å²) in [5.74, 6) is -0.282. The van der Waals surface area contributed by atoms with Crippen molar-refractivity contribution < 1.29 is 9.59 Å². The summed E-state index contributed by atoms with van der Waals surface area (Å²) < 4.78 is 0. The van der Waals surface area contributed by atoms with Crippen molar-refractivity contribution in [1.82, 2.24) is 10.2 Å². The van der Waals surface area contributed by atoms with Crippen molar-refractivity contribution in [2.45, 2.75) is 44.6 Å². The topological polar surface area (TPSA) is 52.7 Å². The first-order valence-corrected chi connectivity index (χ1v) is 14.2. The number of carbonyl (C=O) groups is 2. The van der Waals surface area contributed by atoms with Crippen molar-refractivity contribution in [2.75, 3.05) is 31.1 Å². The van der Waals surface area contributed by atoms with E-state index in [0.29, 0.717) is 11.4 Å². The largest absolute Gasteiger partial charge is 0.355 e. The van der Waals surface area contributed by atoms with E-state index in [4.69, 9.17) is 0 Å². The lowest BCUT2D eigenvalue weighted by atomic mass is 10.1. The Morgan fingerprint density at radius 1 is 0.947 bits per heavy atom. The smallest absolute Gasteiger partial charge is 0.265 e. The molecule has 0 unspecified atom stereocenters. The average Bonchev–Trinajstić information content (AvgIpc) is 2.93. The van der Waals surface area contributed by atoms with Gasteiger partial charge in [0.15, 0.2) is 0 Å². The molecule has 0 saturated carbocycles. The molecule has 0 spiro atoms. The lowest BCUT2D eigenvalue weighted by molar-refractivity contribution is -0.122. The first kappa shape index (κ1) is 27.7. The Morgan fingerprint density at radius 3 is 2.42 bits per heavy atom. The van der Waals surface area contributed by atoms with Crippen LogP contribution in [0.15, 0.2) is 88.7 Å². The molecule has 1 N–H and O–H groups in total. The van der Waals surface area contributed by atoms with Crippen LogP contribution in [-0.4, -0.2) is 42.9 Å². The maximum absolute atomic E-state index is 13.4. The third-order valence-electron chi connectivity index (χ3n) is 6.56. The number of hydrogen-bond acceptors (Lipinski definition) is 4. The number of anilines is 1. The molecule has 3 aromatic carbocycles. The number of hydrogen-bond donors (Lipinski definition) is 1. The molecule has 2 amide bonds. The van der Waals surface area contributed by atoms with Gasteiger partial charge in [-0.15, -0.1) is 0 Å². The van der Waals surface area contributed by atoms with Gasteiger partial charge in [0.25, 0.3) is 5.91 Å². The highest BCUT2D eigenvalue weighted by molar-refractivity contribution is 8.04. The fraction of sp³-hybridized carbons (Fsp3) is 0.312. The second-order valence-electron chi connectivity index (χ2n) is 9.70. The Morgan fingerprint density at radius 2 is 1.66 bits per heavy atom. The molecule has 3 aromatic rings. The number of aryl methyl sites for hydroxylation is 1. The number of rotatable bonds is 12. The van der Waals surface area contributed by atoms with Crippen LogP contribution in [-0.2, 0) is 16.1 Å². The molecular formula is C32H37N3O2S. The lowest BCUT2D eigenvalue weighted by Gasteiger charge is -2.30. The number of carbonyl (C=O) groups excluding carboxylic acids is 2. The molecule has 0 atom stereocenters. The van der Waals surface area contributed by atoms with Gasteiger partial charge in [-0.2, -0.15) is 0 Å². The second-order valence-corrected chi connectivity index (χ2v) is 10.8. The fourth-order valence-corrected chi connectivity index (χ4v) is 5.52. The van der Waals surface area contributed by atoms with Gasteiger partial charge in [-0.05, 0) is 55.6 Å². The zero-order valence-corrected chi connectivity index (χ0v) is 23.2. The quantitative estimate of drug-likeness (QED) is 0.222. The van der Waals surface area contributed by atoms with Crippen LogP contribution in [0.5, 0.6) is 0 Å². The van der Waals surface area contributed by atoms with Crippen LogP contribution in [0.3, 0.4) is 0 Å². The highest BCUT2D eigenvalue weighted by Crippen LogP contribution is 2.41. The van der Waals surface area contributed by atoms with E-state index in [9.17, 15) is 9.59 Å². The van der Waals surface area contributed by atoms with Gasteiger partial charge in [-0.3, -0.25) is 19.4 Å². The van der Waals surface area contributed by atoms with Gasteiger partial charge < -0.3 is 5.32 Å². The zero-order chi connectivity index (χ0) is 26.7. The molecule has 0 aromatic heterocycles. The number of thioether (sulfide) groups is 1. The number of para-hydroxylation sites is 1. The predicted molar refractivity (Wildman–Crippen MR) is 158 cm³/mol. The SMILES string of the molecule is CCCCN(CCCNC(=O)CN1C(=O)/C(=C/c2ccc(C)cc2)Sc2ccccc21)Cc1ccccc1. The molecule has 0 saturated heterocycles. The Bertz CT molecular complexity index is 1240. The van der Waals surface area contributed by atoms with Crippen molar-refractivity contribution >= 4 is 35.3 Å². The number of fused-ring (bicyclic) bond motifs is 1. The number of amides is 2. The minimum absolute atomic E-state index is 0.00517. The number of nitrogens with one attached hydrogen (secondary N) is 1. The Kier molecular flexibility index (Phi) is 10.2. The first-order chi connectivity index (χ1) is 18.5. The molecule has 1 heterocycles. The van der Waals surface area contributed by atoms with Crippen LogP contribution in [0.1, 0.15) is 42.9 Å². The highest BCUT2D eigenvalue weighted by Gasteiger charge is 2.30. The lowest BCUT2D eigenvalue weighted by Crippen LogP contribution is -2.43. The Labute approximate surface area is 230 Å². The van der Waals surface area contributed by atoms with E-state index >= 15 is 0 Å². The van der Waals surface area contributed by atoms with Gasteiger partial charge >= 0.3 is 0 Å². The van der Waals surface area contributed by atoms with Gasteiger partial charge in [0.2, 0.25) is 5.91 Å². The van der Waals surface area contributed by atoms with Crippen LogP contribution in [0.4, 0.5) is 5.69 Å². The summed E-state index contributed by atoms with van der Waals surface area (Å²) in [5.41, 5.74) is 4.24. The van der Waals surface area contributed by atoms with Gasteiger partial charge in [-0.25, -0.2) is 0 Å². The summed E-state index contributed by atoms with van der Waals surface area (Å²) in [4.78, 5) is 32.0. The van der Waals surface area contributed by atoms with Gasteiger partial charge in [0.1, 0.15) is 6.54 Å². The van der Waals surface area contributed by atoms with Gasteiger partial charge in [-0.1, -0.05) is 97.4 Å². The third kappa shape index (κ3) is 7.83. The summed E-state index contributed by atoms with van der Waals surface area (Å²) in [7, 11) is 0. The normalized spacial score (nSPS) is 14.1. The molecule has 0 radical (unpaired) electrons. The van der Waals surface area contributed by atoms with E-state index in [-0.39, 0.29) is 18.4 Å². The van der Waals surface area contributed by atoms with Gasteiger partial charge in [0, 0.05) is 24.5 Å². The second kappa shape index (κ2) is 14.0. The van der Waals surface area contributed by atoms with Crippen LogP contribution in [0, 0.1) is 6.92 Å². The summed E-state index contributed by atoms with van der Waals surface area (Å²) in [6.07, 6.45) is 5.09. The fourth-order valence-electron chi connectivity index (χ4n) is 4.46. The third-order valence-corrected chi connectivity index (χ3v) is 7.64. The molecule has 38 heavy (non-hydrogen) atoms. The van der Waals surface area contributed by atoms with Crippen molar-refractivity contribution in [3.63, 3.8) is 0 Å². The van der Waals surface area contributed by atoms with Gasteiger partial charge in [0.05, 0.1) is 10.6 Å². The first-order valence-electron chi connectivity index (χ1n) is 13.4. The maximum atomic E-state index is 13.4. The van der Waals surface area contributed by atoms with Crippen LogP contribution < -0.4 is 10.2 Å². The zero-order valence-electron chi connectivity index (χ0n) is 22.4.